The Morgan fingerprint density at radius 2 is 0.771 bits per heavy atom. The van der Waals surface area contributed by atoms with Gasteiger partial charge < -0.3 is 59.8 Å². The average molecular weight is 680 g/mol. The van der Waals surface area contributed by atoms with Crippen molar-refractivity contribution < 1.29 is 30.1 Å². The van der Waals surface area contributed by atoms with Gasteiger partial charge in [-0.3, -0.25) is 0 Å². The molecule has 0 atom stereocenters. The fourth-order valence-corrected chi connectivity index (χ4v) is 6.22. The molecule has 0 aromatic heterocycles. The highest BCUT2D eigenvalue weighted by Crippen LogP contribution is 2.17. The summed E-state index contributed by atoms with van der Waals surface area (Å²) in [7, 11) is -3.24. The second kappa shape index (κ2) is 30.5. The maximum atomic E-state index is 10.7. The largest absolute Gasteiger partial charge is 0.437 e. The zero-order chi connectivity index (χ0) is 36.3. The summed E-state index contributed by atoms with van der Waals surface area (Å²) in [6.07, 6.45) is 12.5. The minimum absolute atomic E-state index is 0.321. The van der Waals surface area contributed by atoms with Crippen molar-refractivity contribution in [3.8, 4) is 0 Å². The highest BCUT2D eigenvalue weighted by molar-refractivity contribution is 6.46. The smallest absolute Gasteiger partial charge is 0.376 e. The van der Waals surface area contributed by atoms with E-state index in [-0.39, 0.29) is 0 Å². The molecule has 0 aliphatic rings. The number of hydrogen-bond donors (Lipinski definition) is 8. The Morgan fingerprint density at radius 3 is 1.10 bits per heavy atom. The SMILES string of the molecule is CCCCCCCC(CN(CCCCN(CCCNB(C)O)B(C)O)B(C)O)CN(CCCCN(CCCNB(C)O)B(C)O)B(C)O. The first-order chi connectivity index (χ1) is 22.8. The van der Waals surface area contributed by atoms with Gasteiger partial charge in [0, 0.05) is 0 Å². The van der Waals surface area contributed by atoms with E-state index in [1.807, 2.05) is 13.6 Å². The van der Waals surface area contributed by atoms with Gasteiger partial charge in [0.05, 0.1) is 0 Å². The molecule has 8 N–H and O–H groups in total. The molecule has 278 valence electrons. The van der Waals surface area contributed by atoms with Gasteiger partial charge in [0.25, 0.3) is 0 Å². The minimum Gasteiger partial charge on any atom is -0.437 e. The number of unbranched alkanes of at least 4 members (excludes halogenated alkanes) is 6. The van der Waals surface area contributed by atoms with Crippen molar-refractivity contribution in [1.82, 2.24) is 29.7 Å². The highest BCUT2D eigenvalue weighted by Gasteiger charge is 2.25. The van der Waals surface area contributed by atoms with E-state index in [2.05, 4.69) is 36.6 Å². The molecule has 0 saturated heterocycles. The van der Waals surface area contributed by atoms with Crippen LogP contribution in [0.1, 0.15) is 84.0 Å². The summed E-state index contributed by atoms with van der Waals surface area (Å²) < 4.78 is 0. The van der Waals surface area contributed by atoms with Crippen molar-refractivity contribution >= 4 is 42.3 Å². The molecule has 0 radical (unpaired) electrons. The standard InChI is InChI=1S/C30H74B6N6O6/c1-8-9-10-11-12-19-30(28-41(35(6)47)24-15-13-22-39(33(4)45)26-17-20-37-31(2)43)29-42(36(7)48)25-16-14-23-40(34(5)46)27-18-21-38-32(3)44/h30,37-38,43-48H,8-29H2,1-7H3. The summed E-state index contributed by atoms with van der Waals surface area (Å²) >= 11 is 0. The van der Waals surface area contributed by atoms with Gasteiger partial charge in [0.15, 0.2) is 0 Å². The number of nitrogens with one attached hydrogen (secondary N) is 2. The van der Waals surface area contributed by atoms with Gasteiger partial charge >= 0.3 is 42.3 Å². The van der Waals surface area contributed by atoms with Crippen molar-refractivity contribution in [1.29, 1.82) is 0 Å². The summed E-state index contributed by atoms with van der Waals surface area (Å²) in [6.45, 7) is 20.5. The van der Waals surface area contributed by atoms with E-state index in [1.54, 1.807) is 27.3 Å². The highest BCUT2D eigenvalue weighted by atomic mass is 16.2. The van der Waals surface area contributed by atoms with Gasteiger partial charge in [-0.25, -0.2) is 0 Å². The molecule has 48 heavy (non-hydrogen) atoms. The summed E-state index contributed by atoms with van der Waals surface area (Å²) in [4.78, 5) is 8.46. The molecule has 0 saturated carbocycles. The maximum Gasteiger partial charge on any atom is 0.376 e. The van der Waals surface area contributed by atoms with E-state index >= 15 is 0 Å². The van der Waals surface area contributed by atoms with E-state index in [9.17, 15) is 30.1 Å². The van der Waals surface area contributed by atoms with Crippen molar-refractivity contribution in [3.05, 3.63) is 0 Å². The quantitative estimate of drug-likeness (QED) is 0.0366. The lowest BCUT2D eigenvalue weighted by molar-refractivity contribution is 0.234. The average Bonchev–Trinajstić information content (AvgIpc) is 3.00. The van der Waals surface area contributed by atoms with Crippen LogP contribution < -0.4 is 10.5 Å². The Hall–Kier alpha value is -0.0904. The Kier molecular flexibility index (Phi) is 30.5. The Labute approximate surface area is 298 Å². The van der Waals surface area contributed by atoms with E-state index in [0.29, 0.717) is 19.0 Å². The van der Waals surface area contributed by atoms with Crippen LogP contribution in [-0.2, 0) is 0 Å². The van der Waals surface area contributed by atoms with E-state index < -0.39 is 42.3 Å². The molecule has 0 aliphatic heterocycles. The van der Waals surface area contributed by atoms with Crippen LogP contribution in [0.5, 0.6) is 0 Å². The van der Waals surface area contributed by atoms with Crippen LogP contribution in [0.4, 0.5) is 0 Å². The Morgan fingerprint density at radius 1 is 0.438 bits per heavy atom. The zero-order valence-electron chi connectivity index (χ0n) is 32.1. The molecule has 0 heterocycles. The lowest BCUT2D eigenvalue weighted by Gasteiger charge is -2.33. The molecule has 0 fully saturated rings. The lowest BCUT2D eigenvalue weighted by atomic mass is 9.80. The molecule has 0 unspecified atom stereocenters. The van der Waals surface area contributed by atoms with E-state index in [1.165, 1.54) is 25.7 Å². The zero-order valence-corrected chi connectivity index (χ0v) is 32.1. The molecular weight excluding hydrogens is 605 g/mol. The first-order valence-electron chi connectivity index (χ1n) is 19.3. The third-order valence-corrected chi connectivity index (χ3v) is 9.22. The van der Waals surface area contributed by atoms with E-state index in [4.69, 9.17) is 0 Å². The van der Waals surface area contributed by atoms with Crippen molar-refractivity contribution in [2.45, 2.75) is 125 Å². The molecule has 18 heteroatoms. The molecule has 12 nitrogen and oxygen atoms in total. The molecule has 0 aliphatic carbocycles. The normalized spacial score (nSPS) is 11.9. The van der Waals surface area contributed by atoms with Gasteiger partial charge in [-0.1, -0.05) is 39.0 Å². The minimum atomic E-state index is -0.561. The number of nitrogens with zero attached hydrogens (tertiary/aromatic N) is 4. The van der Waals surface area contributed by atoms with Gasteiger partial charge in [-0.15, -0.1) is 0 Å². The van der Waals surface area contributed by atoms with Gasteiger partial charge in [0.1, 0.15) is 0 Å². The molecule has 0 spiro atoms. The molecule has 0 amide bonds. The van der Waals surface area contributed by atoms with Crippen LogP contribution in [0, 0.1) is 5.92 Å². The third-order valence-electron chi connectivity index (χ3n) is 9.22. The fourth-order valence-electron chi connectivity index (χ4n) is 6.22. The van der Waals surface area contributed by atoms with Crippen molar-refractivity contribution in [2.24, 2.45) is 5.92 Å². The van der Waals surface area contributed by atoms with Gasteiger partial charge in [-0.05, 0) is 157 Å². The maximum absolute atomic E-state index is 10.7. The van der Waals surface area contributed by atoms with Crippen molar-refractivity contribution in [2.75, 3.05) is 65.4 Å². The van der Waals surface area contributed by atoms with Crippen LogP contribution >= 0.6 is 0 Å². The second-order valence-electron chi connectivity index (χ2n) is 14.0. The summed E-state index contributed by atoms with van der Waals surface area (Å²) in [5, 5.41) is 66.8. The molecular formula is C30H74B6N6O6. The lowest BCUT2D eigenvalue weighted by Crippen LogP contribution is -2.47. The van der Waals surface area contributed by atoms with E-state index in [0.717, 1.165) is 104 Å². The van der Waals surface area contributed by atoms with Crippen LogP contribution in [0.2, 0.25) is 40.9 Å². The van der Waals surface area contributed by atoms with Crippen LogP contribution in [0.25, 0.3) is 0 Å². The predicted octanol–water partition coefficient (Wildman–Crippen LogP) is 1.35. The first kappa shape index (κ1) is 47.9. The van der Waals surface area contributed by atoms with Crippen LogP contribution in [0.3, 0.4) is 0 Å². The Balaban J connectivity index is 5.13. The van der Waals surface area contributed by atoms with Gasteiger partial charge in [0.2, 0.25) is 0 Å². The second-order valence-corrected chi connectivity index (χ2v) is 14.0. The number of rotatable bonds is 34. The van der Waals surface area contributed by atoms with Crippen molar-refractivity contribution in [3.63, 3.8) is 0 Å². The topological polar surface area (TPSA) is 158 Å². The van der Waals surface area contributed by atoms with Crippen LogP contribution in [-0.4, -0.2) is 157 Å². The molecule has 0 aromatic rings. The molecule has 0 bridgehead atoms. The third kappa shape index (κ3) is 26.7. The summed E-state index contributed by atoms with van der Waals surface area (Å²) in [6, 6.07) is 0. The molecule has 0 rings (SSSR count). The molecule has 0 aromatic carbocycles. The first-order valence-corrected chi connectivity index (χ1v) is 19.3. The predicted molar refractivity (Wildman–Crippen MR) is 210 cm³/mol. The fraction of sp³-hybridized carbons (Fsp3) is 1.00. The Bertz CT molecular complexity index is 677. The van der Waals surface area contributed by atoms with Gasteiger partial charge in [-0.2, -0.15) is 0 Å². The number of hydrogen-bond acceptors (Lipinski definition) is 12. The summed E-state index contributed by atoms with van der Waals surface area (Å²) in [5.41, 5.74) is 0. The monoisotopic (exact) mass is 681 g/mol. The van der Waals surface area contributed by atoms with Crippen LogP contribution in [0.15, 0.2) is 0 Å². The summed E-state index contributed by atoms with van der Waals surface area (Å²) in [5.74, 6) is 0.321.